The molecule has 1 saturated heterocycles. The van der Waals surface area contributed by atoms with Gasteiger partial charge in [-0.15, -0.1) is 11.3 Å². The number of rotatable bonds is 5. The summed E-state index contributed by atoms with van der Waals surface area (Å²) in [7, 11) is 1.46. The van der Waals surface area contributed by atoms with Crippen LogP contribution in [0.5, 0.6) is 11.5 Å². The number of hydrogen-bond donors (Lipinski definition) is 0. The molecular weight excluding hydrogens is 457 g/mol. The first-order valence-corrected chi connectivity index (χ1v) is 11.0. The molecule has 3 aromatic rings. The van der Waals surface area contributed by atoms with E-state index in [1.54, 1.807) is 47.9 Å². The number of carbonyl (C=O) groups is 2. The predicted molar refractivity (Wildman–Crippen MR) is 124 cm³/mol. The molecule has 0 bridgehead atoms. The maximum absolute atomic E-state index is 13.6. The number of thiophene rings is 1. The molecule has 1 aliphatic rings. The van der Waals surface area contributed by atoms with Gasteiger partial charge < -0.3 is 9.47 Å². The second-order valence-corrected chi connectivity index (χ2v) is 8.90. The molecule has 1 amide bonds. The van der Waals surface area contributed by atoms with Gasteiger partial charge in [-0.25, -0.2) is 9.18 Å². The highest BCUT2D eigenvalue weighted by atomic mass is 32.2. The van der Waals surface area contributed by atoms with Gasteiger partial charge in [0.05, 0.1) is 17.7 Å². The second kappa shape index (κ2) is 9.01. The molecule has 9 heteroatoms. The third-order valence-corrected chi connectivity index (χ3v) is 6.42. The molecule has 0 aliphatic carbocycles. The molecule has 1 fully saturated rings. The summed E-state index contributed by atoms with van der Waals surface area (Å²) in [5.41, 5.74) is 1.03. The Bertz CT molecular complexity index is 1210. The lowest BCUT2D eigenvalue weighted by Crippen LogP contribution is -2.27. The third-order valence-electron chi connectivity index (χ3n) is 4.27. The van der Waals surface area contributed by atoms with E-state index in [9.17, 15) is 14.0 Å². The van der Waals surface area contributed by atoms with Crippen molar-refractivity contribution in [2.45, 2.75) is 0 Å². The minimum Gasteiger partial charge on any atom is -0.493 e. The van der Waals surface area contributed by atoms with Crippen LogP contribution in [0.1, 0.15) is 15.2 Å². The number of anilines is 1. The van der Waals surface area contributed by atoms with Crippen molar-refractivity contribution < 1.29 is 23.5 Å². The summed E-state index contributed by atoms with van der Waals surface area (Å²) in [5, 5.41) is 1.79. The Kier molecular flexibility index (Phi) is 6.17. The number of benzene rings is 2. The van der Waals surface area contributed by atoms with Crippen LogP contribution in [0.3, 0.4) is 0 Å². The zero-order valence-electron chi connectivity index (χ0n) is 16.0. The molecule has 31 heavy (non-hydrogen) atoms. The van der Waals surface area contributed by atoms with Gasteiger partial charge in [-0.3, -0.25) is 9.69 Å². The van der Waals surface area contributed by atoms with Crippen molar-refractivity contribution in [3.05, 3.63) is 81.1 Å². The van der Waals surface area contributed by atoms with Crippen molar-refractivity contribution in [2.24, 2.45) is 0 Å². The van der Waals surface area contributed by atoms with E-state index >= 15 is 0 Å². The summed E-state index contributed by atoms with van der Waals surface area (Å²) in [6.45, 7) is 0. The zero-order valence-corrected chi connectivity index (χ0v) is 18.5. The fraction of sp³-hybridized carbons (Fsp3) is 0.0455. The van der Waals surface area contributed by atoms with Gasteiger partial charge in [-0.05, 0) is 53.4 Å². The molecule has 1 aliphatic heterocycles. The molecular formula is C22H14FNO4S3. The number of esters is 1. The Labute approximate surface area is 191 Å². The van der Waals surface area contributed by atoms with Crippen LogP contribution in [-0.2, 0) is 4.79 Å². The molecule has 4 rings (SSSR count). The molecule has 2 heterocycles. The van der Waals surface area contributed by atoms with E-state index in [0.29, 0.717) is 31.1 Å². The lowest BCUT2D eigenvalue weighted by atomic mass is 10.1. The third kappa shape index (κ3) is 4.53. The summed E-state index contributed by atoms with van der Waals surface area (Å²) >= 11 is 7.72. The van der Waals surface area contributed by atoms with E-state index in [2.05, 4.69) is 0 Å². The van der Waals surface area contributed by atoms with Gasteiger partial charge in [0, 0.05) is 0 Å². The number of thioether (sulfide) groups is 1. The molecule has 0 atom stereocenters. The average molecular weight is 472 g/mol. The van der Waals surface area contributed by atoms with Crippen molar-refractivity contribution in [3.8, 4) is 11.5 Å². The normalized spacial score (nSPS) is 14.9. The van der Waals surface area contributed by atoms with Gasteiger partial charge in [0.1, 0.15) is 10.7 Å². The molecule has 2 aromatic carbocycles. The lowest BCUT2D eigenvalue weighted by molar-refractivity contribution is -0.113. The van der Waals surface area contributed by atoms with Crippen LogP contribution in [0.4, 0.5) is 10.1 Å². The van der Waals surface area contributed by atoms with E-state index in [1.165, 1.54) is 41.5 Å². The fourth-order valence-electron chi connectivity index (χ4n) is 2.86. The molecule has 1 aromatic heterocycles. The molecule has 0 spiro atoms. The SMILES string of the molecule is COc1cc(/C=C2/SC(=S)N(c3cccc(F)c3)C2=O)ccc1OC(=O)c1cccs1. The van der Waals surface area contributed by atoms with Crippen molar-refractivity contribution in [1.82, 2.24) is 0 Å². The summed E-state index contributed by atoms with van der Waals surface area (Å²) < 4.78 is 24.7. The highest BCUT2D eigenvalue weighted by Crippen LogP contribution is 2.37. The molecule has 0 N–H and O–H groups in total. The van der Waals surface area contributed by atoms with Crippen LogP contribution in [0.15, 0.2) is 64.9 Å². The Morgan fingerprint density at radius 1 is 1.13 bits per heavy atom. The quantitative estimate of drug-likeness (QED) is 0.211. The Balaban J connectivity index is 1.58. The first-order chi connectivity index (χ1) is 15.0. The molecule has 156 valence electrons. The van der Waals surface area contributed by atoms with Crippen molar-refractivity contribution >= 4 is 63.3 Å². The van der Waals surface area contributed by atoms with Gasteiger partial charge >= 0.3 is 5.97 Å². The zero-order chi connectivity index (χ0) is 22.0. The van der Waals surface area contributed by atoms with E-state index in [1.807, 2.05) is 0 Å². The number of hydrogen-bond acceptors (Lipinski definition) is 7. The van der Waals surface area contributed by atoms with Crippen molar-refractivity contribution in [2.75, 3.05) is 12.0 Å². The number of carbonyl (C=O) groups excluding carboxylic acids is 2. The topological polar surface area (TPSA) is 55.8 Å². The number of methoxy groups -OCH3 is 1. The molecule has 5 nitrogen and oxygen atoms in total. The van der Waals surface area contributed by atoms with Gasteiger partial charge in [-0.2, -0.15) is 0 Å². The van der Waals surface area contributed by atoms with Crippen LogP contribution in [0, 0.1) is 5.82 Å². The van der Waals surface area contributed by atoms with Crippen LogP contribution < -0.4 is 14.4 Å². The predicted octanol–water partition coefficient (Wildman–Crippen LogP) is 5.52. The molecule has 0 saturated carbocycles. The van der Waals surface area contributed by atoms with E-state index in [-0.39, 0.29) is 11.7 Å². The Hall–Kier alpha value is -3.01. The number of halogens is 1. The van der Waals surface area contributed by atoms with Gasteiger partial charge in [-0.1, -0.05) is 42.2 Å². The summed E-state index contributed by atoms with van der Waals surface area (Å²) in [5.74, 6) is -0.651. The van der Waals surface area contributed by atoms with E-state index in [4.69, 9.17) is 21.7 Å². The lowest BCUT2D eigenvalue weighted by Gasteiger charge is -2.14. The van der Waals surface area contributed by atoms with E-state index < -0.39 is 11.8 Å². The average Bonchev–Trinajstić information content (AvgIpc) is 3.38. The van der Waals surface area contributed by atoms with Crippen LogP contribution in [0.2, 0.25) is 0 Å². The monoisotopic (exact) mass is 471 g/mol. The van der Waals surface area contributed by atoms with Gasteiger partial charge in [0.25, 0.3) is 5.91 Å². The smallest absolute Gasteiger partial charge is 0.353 e. The van der Waals surface area contributed by atoms with Gasteiger partial charge in [0.15, 0.2) is 15.8 Å². The highest BCUT2D eigenvalue weighted by Gasteiger charge is 2.33. The van der Waals surface area contributed by atoms with Crippen LogP contribution in [-0.4, -0.2) is 23.3 Å². The number of nitrogens with zero attached hydrogens (tertiary/aromatic N) is 1. The summed E-state index contributed by atoms with van der Waals surface area (Å²) in [4.78, 5) is 27.2. The number of amides is 1. The minimum atomic E-state index is -0.475. The second-order valence-electron chi connectivity index (χ2n) is 6.27. The Morgan fingerprint density at radius 2 is 1.97 bits per heavy atom. The molecule has 0 radical (unpaired) electrons. The molecule has 0 unspecified atom stereocenters. The van der Waals surface area contributed by atoms with Crippen LogP contribution in [0.25, 0.3) is 6.08 Å². The Morgan fingerprint density at radius 3 is 2.68 bits per heavy atom. The highest BCUT2D eigenvalue weighted by molar-refractivity contribution is 8.27. The first kappa shape index (κ1) is 21.2. The van der Waals surface area contributed by atoms with Crippen molar-refractivity contribution in [1.29, 1.82) is 0 Å². The standard InChI is InChI=1S/C22H14FNO4S3/c1-27-17-10-13(7-8-16(17)28-21(26)18-6-3-9-30-18)11-19-20(25)24(22(29)31-19)15-5-2-4-14(23)12-15/h2-12H,1H3/b19-11+. The largest absolute Gasteiger partial charge is 0.493 e. The maximum Gasteiger partial charge on any atom is 0.353 e. The van der Waals surface area contributed by atoms with E-state index in [0.717, 1.165) is 11.8 Å². The van der Waals surface area contributed by atoms with Crippen molar-refractivity contribution in [3.63, 3.8) is 0 Å². The first-order valence-electron chi connectivity index (χ1n) is 8.93. The number of ether oxygens (including phenoxy) is 2. The fourth-order valence-corrected chi connectivity index (χ4v) is 4.76. The summed E-state index contributed by atoms with van der Waals surface area (Å²) in [6.07, 6.45) is 1.66. The van der Waals surface area contributed by atoms with Gasteiger partial charge in [0.2, 0.25) is 0 Å². The van der Waals surface area contributed by atoms with Crippen LogP contribution >= 0.6 is 35.3 Å². The summed E-state index contributed by atoms with van der Waals surface area (Å²) in [6, 6.07) is 14.1. The maximum atomic E-state index is 13.6. The minimum absolute atomic E-state index is 0.269. The number of thiocarbonyl (C=S) groups is 1.